The number of aliphatic hydroxyl groups excluding tert-OH is 1. The lowest BCUT2D eigenvalue weighted by molar-refractivity contribution is 0.265. The lowest BCUT2D eigenvalue weighted by Gasteiger charge is -2.07. The number of nitrogens with two attached hydrogens (primary N) is 1. The smallest absolute Gasteiger partial charge is 0.0499 e. The van der Waals surface area contributed by atoms with Gasteiger partial charge in [0.2, 0.25) is 0 Å². The Morgan fingerprint density at radius 3 is 3.08 bits per heavy atom. The Morgan fingerprint density at radius 2 is 2.33 bits per heavy atom. The molecule has 2 rings (SSSR count). The van der Waals surface area contributed by atoms with Crippen LogP contribution < -0.4 is 5.73 Å². The van der Waals surface area contributed by atoms with Crippen molar-refractivity contribution in [3.8, 4) is 0 Å². The van der Waals surface area contributed by atoms with Crippen molar-refractivity contribution in [2.45, 2.75) is 18.8 Å². The molecule has 2 heteroatoms. The number of fused-ring (bicyclic) bond motifs is 1. The summed E-state index contributed by atoms with van der Waals surface area (Å²) in [7, 11) is 0. The molecule has 0 saturated carbocycles. The van der Waals surface area contributed by atoms with Gasteiger partial charge in [0.25, 0.3) is 0 Å². The predicted molar refractivity (Wildman–Crippen MR) is 49.0 cm³/mol. The van der Waals surface area contributed by atoms with Crippen LogP contribution in [-0.4, -0.2) is 11.7 Å². The highest BCUT2D eigenvalue weighted by atomic mass is 16.3. The molecular weight excluding hydrogens is 150 g/mol. The van der Waals surface area contributed by atoms with Crippen molar-refractivity contribution in [3.63, 3.8) is 0 Å². The van der Waals surface area contributed by atoms with Gasteiger partial charge < -0.3 is 10.8 Å². The van der Waals surface area contributed by atoms with E-state index in [0.717, 1.165) is 18.5 Å². The molecule has 0 aromatic heterocycles. The van der Waals surface area contributed by atoms with Gasteiger partial charge in [0.05, 0.1) is 0 Å². The monoisotopic (exact) mass is 163 g/mol. The molecule has 0 heterocycles. The van der Waals surface area contributed by atoms with E-state index in [4.69, 9.17) is 10.8 Å². The second kappa shape index (κ2) is 2.79. The largest absolute Gasteiger partial charge is 0.398 e. The van der Waals surface area contributed by atoms with Gasteiger partial charge in [0.1, 0.15) is 0 Å². The second-order valence-corrected chi connectivity index (χ2v) is 3.33. The minimum Gasteiger partial charge on any atom is -0.398 e. The van der Waals surface area contributed by atoms with Crippen LogP contribution in [0.1, 0.15) is 23.5 Å². The highest BCUT2D eigenvalue weighted by Gasteiger charge is 2.22. The lowest BCUT2D eigenvalue weighted by atomic mass is 10.0. The van der Waals surface area contributed by atoms with Crippen LogP contribution in [0.3, 0.4) is 0 Å². The minimum absolute atomic E-state index is 0.246. The van der Waals surface area contributed by atoms with Crippen LogP contribution in [0.25, 0.3) is 0 Å². The molecule has 0 aliphatic heterocycles. The Labute approximate surface area is 72.0 Å². The van der Waals surface area contributed by atoms with Gasteiger partial charge >= 0.3 is 0 Å². The van der Waals surface area contributed by atoms with Crippen molar-refractivity contribution in [3.05, 3.63) is 29.3 Å². The SMILES string of the molecule is Nc1cccc2c1CCC2CO. The summed E-state index contributed by atoms with van der Waals surface area (Å²) in [5, 5.41) is 9.06. The van der Waals surface area contributed by atoms with Gasteiger partial charge in [-0.1, -0.05) is 12.1 Å². The summed E-state index contributed by atoms with van der Waals surface area (Å²) in [5.41, 5.74) is 9.18. The van der Waals surface area contributed by atoms with E-state index in [1.165, 1.54) is 11.1 Å². The molecule has 64 valence electrons. The summed E-state index contributed by atoms with van der Waals surface area (Å²) in [4.78, 5) is 0. The summed E-state index contributed by atoms with van der Waals surface area (Å²) in [6.07, 6.45) is 2.06. The molecular formula is C10H13NO. The molecule has 0 radical (unpaired) electrons. The normalized spacial score (nSPS) is 20.9. The molecule has 3 N–H and O–H groups in total. The topological polar surface area (TPSA) is 46.2 Å². The summed E-state index contributed by atoms with van der Waals surface area (Å²) in [6.45, 7) is 0.246. The Bertz CT molecular complexity index is 296. The van der Waals surface area contributed by atoms with Gasteiger partial charge in [-0.2, -0.15) is 0 Å². The Hall–Kier alpha value is -1.02. The average Bonchev–Trinajstić information content (AvgIpc) is 2.49. The molecule has 0 spiro atoms. The maximum atomic E-state index is 9.06. The van der Waals surface area contributed by atoms with Crippen molar-refractivity contribution in [2.24, 2.45) is 0 Å². The Morgan fingerprint density at radius 1 is 1.50 bits per heavy atom. The first kappa shape index (κ1) is 7.62. The zero-order valence-electron chi connectivity index (χ0n) is 6.96. The van der Waals surface area contributed by atoms with Crippen LogP contribution in [0.2, 0.25) is 0 Å². The van der Waals surface area contributed by atoms with E-state index < -0.39 is 0 Å². The molecule has 1 aromatic carbocycles. The standard InChI is InChI=1S/C10H13NO/c11-10-3-1-2-8-7(6-12)4-5-9(8)10/h1-3,7,12H,4-6,11H2. The first-order valence-corrected chi connectivity index (χ1v) is 4.31. The van der Waals surface area contributed by atoms with E-state index in [9.17, 15) is 0 Å². The maximum absolute atomic E-state index is 9.06. The molecule has 0 saturated heterocycles. The van der Waals surface area contributed by atoms with E-state index in [1.807, 2.05) is 12.1 Å². The van der Waals surface area contributed by atoms with E-state index in [2.05, 4.69) is 6.07 Å². The highest BCUT2D eigenvalue weighted by molar-refractivity contribution is 5.54. The van der Waals surface area contributed by atoms with Crippen molar-refractivity contribution >= 4 is 5.69 Å². The highest BCUT2D eigenvalue weighted by Crippen LogP contribution is 2.35. The van der Waals surface area contributed by atoms with E-state index in [0.29, 0.717) is 5.92 Å². The zero-order valence-corrected chi connectivity index (χ0v) is 6.96. The summed E-state index contributed by atoms with van der Waals surface area (Å²) < 4.78 is 0. The number of aliphatic hydroxyl groups is 1. The number of benzene rings is 1. The van der Waals surface area contributed by atoms with E-state index in [-0.39, 0.29) is 6.61 Å². The fourth-order valence-corrected chi connectivity index (χ4v) is 1.96. The number of anilines is 1. The average molecular weight is 163 g/mol. The Balaban J connectivity index is 2.46. The molecule has 12 heavy (non-hydrogen) atoms. The third kappa shape index (κ3) is 0.994. The quantitative estimate of drug-likeness (QED) is 0.613. The number of rotatable bonds is 1. The number of hydrogen-bond donors (Lipinski definition) is 2. The summed E-state index contributed by atoms with van der Waals surface area (Å²) in [6, 6.07) is 5.96. The lowest BCUT2D eigenvalue weighted by Crippen LogP contribution is -1.99. The first-order valence-electron chi connectivity index (χ1n) is 4.31. The minimum atomic E-state index is 0.246. The maximum Gasteiger partial charge on any atom is 0.0499 e. The Kier molecular flexibility index (Phi) is 1.77. The van der Waals surface area contributed by atoms with Gasteiger partial charge in [0, 0.05) is 18.2 Å². The van der Waals surface area contributed by atoms with Crippen LogP contribution in [0.4, 0.5) is 5.69 Å². The van der Waals surface area contributed by atoms with Crippen LogP contribution in [0, 0.1) is 0 Å². The zero-order chi connectivity index (χ0) is 8.55. The van der Waals surface area contributed by atoms with Crippen LogP contribution >= 0.6 is 0 Å². The molecule has 2 nitrogen and oxygen atoms in total. The van der Waals surface area contributed by atoms with Crippen LogP contribution in [-0.2, 0) is 6.42 Å². The fourth-order valence-electron chi connectivity index (χ4n) is 1.96. The van der Waals surface area contributed by atoms with E-state index in [1.54, 1.807) is 0 Å². The van der Waals surface area contributed by atoms with Gasteiger partial charge in [-0.25, -0.2) is 0 Å². The van der Waals surface area contributed by atoms with Crippen molar-refractivity contribution in [2.75, 3.05) is 12.3 Å². The number of hydrogen-bond acceptors (Lipinski definition) is 2. The summed E-state index contributed by atoms with van der Waals surface area (Å²) >= 11 is 0. The van der Waals surface area contributed by atoms with Crippen molar-refractivity contribution in [1.82, 2.24) is 0 Å². The van der Waals surface area contributed by atoms with Crippen molar-refractivity contribution < 1.29 is 5.11 Å². The molecule has 1 unspecified atom stereocenters. The van der Waals surface area contributed by atoms with Crippen molar-refractivity contribution in [1.29, 1.82) is 0 Å². The summed E-state index contributed by atoms with van der Waals surface area (Å²) in [5.74, 6) is 0.323. The third-order valence-electron chi connectivity index (χ3n) is 2.65. The molecule has 0 bridgehead atoms. The molecule has 1 aliphatic carbocycles. The predicted octanol–water partition coefficient (Wildman–Crippen LogP) is 1.29. The fraction of sp³-hybridized carbons (Fsp3) is 0.400. The molecule has 1 atom stereocenters. The van der Waals surface area contributed by atoms with Crippen LogP contribution in [0.5, 0.6) is 0 Å². The third-order valence-corrected chi connectivity index (χ3v) is 2.65. The van der Waals surface area contributed by atoms with Gasteiger partial charge in [-0.05, 0) is 30.0 Å². The van der Waals surface area contributed by atoms with Gasteiger partial charge in [-0.3, -0.25) is 0 Å². The van der Waals surface area contributed by atoms with Gasteiger partial charge in [0.15, 0.2) is 0 Å². The second-order valence-electron chi connectivity index (χ2n) is 3.33. The molecule has 1 aliphatic rings. The first-order chi connectivity index (χ1) is 5.83. The number of nitrogen functional groups attached to an aromatic ring is 1. The van der Waals surface area contributed by atoms with E-state index >= 15 is 0 Å². The molecule has 1 aromatic rings. The molecule has 0 fully saturated rings. The molecule has 0 amide bonds. The van der Waals surface area contributed by atoms with Gasteiger partial charge in [-0.15, -0.1) is 0 Å². The van der Waals surface area contributed by atoms with Crippen LogP contribution in [0.15, 0.2) is 18.2 Å².